The second kappa shape index (κ2) is 6.36. The van der Waals surface area contributed by atoms with Gasteiger partial charge >= 0.3 is 0 Å². The Balaban J connectivity index is 2.16. The van der Waals surface area contributed by atoms with Crippen molar-refractivity contribution in [2.45, 2.75) is 13.0 Å². The van der Waals surface area contributed by atoms with Gasteiger partial charge in [-0.2, -0.15) is 5.26 Å². The highest BCUT2D eigenvalue weighted by atomic mass is 15.1. The average molecular weight is 253 g/mol. The van der Waals surface area contributed by atoms with Crippen LogP contribution < -0.4 is 10.6 Å². The minimum absolute atomic E-state index is 0.463. The molecule has 0 bridgehead atoms. The van der Waals surface area contributed by atoms with Gasteiger partial charge in [-0.1, -0.05) is 6.07 Å². The van der Waals surface area contributed by atoms with Gasteiger partial charge in [0.15, 0.2) is 0 Å². The molecule has 0 saturated carbocycles. The molecule has 0 fully saturated rings. The van der Waals surface area contributed by atoms with Crippen LogP contribution in [0.2, 0.25) is 0 Å². The lowest BCUT2D eigenvalue weighted by atomic mass is 10.2. The van der Waals surface area contributed by atoms with E-state index in [4.69, 9.17) is 11.0 Å². The van der Waals surface area contributed by atoms with Gasteiger partial charge in [-0.15, -0.1) is 0 Å². The van der Waals surface area contributed by atoms with Gasteiger partial charge in [-0.3, -0.25) is 4.98 Å². The van der Waals surface area contributed by atoms with Crippen LogP contribution in [0.3, 0.4) is 0 Å². The predicted octanol–water partition coefficient (Wildman–Crippen LogP) is 1.98. The lowest BCUT2D eigenvalue weighted by molar-refractivity contribution is 0.793. The van der Waals surface area contributed by atoms with E-state index in [-0.39, 0.29) is 0 Å². The van der Waals surface area contributed by atoms with E-state index in [9.17, 15) is 0 Å². The Morgan fingerprint density at radius 1 is 1.26 bits per heavy atom. The van der Waals surface area contributed by atoms with Crippen LogP contribution in [0.15, 0.2) is 42.9 Å². The number of pyridine rings is 2. The fourth-order valence-corrected chi connectivity index (χ4v) is 1.78. The van der Waals surface area contributed by atoms with Crippen molar-refractivity contribution in [3.05, 3.63) is 48.4 Å². The summed E-state index contributed by atoms with van der Waals surface area (Å²) >= 11 is 0. The second-order valence-electron chi connectivity index (χ2n) is 4.13. The van der Waals surface area contributed by atoms with Gasteiger partial charge in [-0.25, -0.2) is 4.98 Å². The van der Waals surface area contributed by atoms with Crippen molar-refractivity contribution in [3.8, 4) is 6.07 Å². The summed E-state index contributed by atoms with van der Waals surface area (Å²) in [7, 11) is 0. The molecule has 0 unspecified atom stereocenters. The van der Waals surface area contributed by atoms with Crippen LogP contribution in [0.4, 0.5) is 11.5 Å². The Kier molecular flexibility index (Phi) is 4.29. The quantitative estimate of drug-likeness (QED) is 0.881. The number of rotatable bonds is 5. The third-order valence-corrected chi connectivity index (χ3v) is 2.73. The number of nitriles is 1. The van der Waals surface area contributed by atoms with E-state index in [1.165, 1.54) is 0 Å². The monoisotopic (exact) mass is 253 g/mol. The second-order valence-corrected chi connectivity index (χ2v) is 4.13. The van der Waals surface area contributed by atoms with E-state index in [0.29, 0.717) is 25.3 Å². The van der Waals surface area contributed by atoms with Crippen LogP contribution >= 0.6 is 0 Å². The molecular formula is C14H15N5. The number of nitrogen functional groups attached to an aromatic ring is 1. The molecule has 0 aromatic carbocycles. The van der Waals surface area contributed by atoms with Crippen LogP contribution in [-0.4, -0.2) is 16.5 Å². The van der Waals surface area contributed by atoms with E-state index < -0.39 is 0 Å². The lowest BCUT2D eigenvalue weighted by Gasteiger charge is -2.23. The molecule has 0 radical (unpaired) electrons. The van der Waals surface area contributed by atoms with Crippen molar-refractivity contribution < 1.29 is 0 Å². The fourth-order valence-electron chi connectivity index (χ4n) is 1.78. The van der Waals surface area contributed by atoms with Crippen LogP contribution in [0.1, 0.15) is 12.0 Å². The van der Waals surface area contributed by atoms with Gasteiger partial charge in [0.2, 0.25) is 0 Å². The van der Waals surface area contributed by atoms with Crippen LogP contribution in [0.25, 0.3) is 0 Å². The maximum Gasteiger partial charge on any atom is 0.123 e. The summed E-state index contributed by atoms with van der Waals surface area (Å²) in [6.07, 6.45) is 5.76. The highest BCUT2D eigenvalue weighted by Gasteiger charge is 2.07. The van der Waals surface area contributed by atoms with Crippen LogP contribution in [0, 0.1) is 11.3 Å². The van der Waals surface area contributed by atoms with Crippen molar-refractivity contribution in [2.75, 3.05) is 17.2 Å². The Labute approximate surface area is 112 Å². The zero-order valence-electron chi connectivity index (χ0n) is 10.5. The molecule has 19 heavy (non-hydrogen) atoms. The standard InChI is InChI=1S/C14H15N5/c15-6-2-8-19(11-12-3-1-7-17-9-12)13-4-5-14(16)18-10-13/h1,3-5,7,9-10H,2,8,11H2,(H2,16,18). The number of nitrogens with two attached hydrogens (primary N) is 1. The van der Waals surface area contributed by atoms with Crippen molar-refractivity contribution >= 4 is 11.5 Å². The highest BCUT2D eigenvalue weighted by molar-refractivity contribution is 5.48. The first kappa shape index (κ1) is 12.8. The number of aromatic nitrogens is 2. The number of hydrogen-bond acceptors (Lipinski definition) is 5. The van der Waals surface area contributed by atoms with Gasteiger partial charge in [0.25, 0.3) is 0 Å². The van der Waals surface area contributed by atoms with E-state index in [2.05, 4.69) is 20.9 Å². The molecule has 2 N–H and O–H groups in total. The molecule has 2 aromatic heterocycles. The molecule has 0 saturated heterocycles. The summed E-state index contributed by atoms with van der Waals surface area (Å²) in [5.74, 6) is 0.491. The zero-order valence-corrected chi connectivity index (χ0v) is 10.5. The van der Waals surface area contributed by atoms with Crippen molar-refractivity contribution in [3.63, 3.8) is 0 Å². The molecule has 0 aliphatic carbocycles. The summed E-state index contributed by atoms with van der Waals surface area (Å²) in [4.78, 5) is 10.3. The van der Waals surface area contributed by atoms with Crippen LogP contribution in [-0.2, 0) is 6.54 Å². The van der Waals surface area contributed by atoms with Gasteiger partial charge < -0.3 is 10.6 Å². The molecule has 96 valence electrons. The average Bonchev–Trinajstić information content (AvgIpc) is 2.45. The number of nitrogens with zero attached hydrogens (tertiary/aromatic N) is 4. The predicted molar refractivity (Wildman–Crippen MR) is 74.2 cm³/mol. The van der Waals surface area contributed by atoms with E-state index in [1.54, 1.807) is 18.5 Å². The molecule has 0 aliphatic rings. The minimum atomic E-state index is 0.463. The third kappa shape index (κ3) is 3.68. The van der Waals surface area contributed by atoms with E-state index in [1.807, 2.05) is 24.4 Å². The summed E-state index contributed by atoms with van der Waals surface area (Å²) in [6.45, 7) is 1.35. The highest BCUT2D eigenvalue weighted by Crippen LogP contribution is 2.17. The van der Waals surface area contributed by atoms with Gasteiger partial charge in [0.1, 0.15) is 5.82 Å². The Hall–Kier alpha value is -2.61. The largest absolute Gasteiger partial charge is 0.384 e. The Morgan fingerprint density at radius 2 is 2.16 bits per heavy atom. The smallest absolute Gasteiger partial charge is 0.123 e. The molecular weight excluding hydrogens is 238 g/mol. The van der Waals surface area contributed by atoms with E-state index >= 15 is 0 Å². The summed E-state index contributed by atoms with van der Waals surface area (Å²) in [5, 5.41) is 8.75. The van der Waals surface area contributed by atoms with Crippen molar-refractivity contribution in [2.24, 2.45) is 0 Å². The topological polar surface area (TPSA) is 78.8 Å². The molecule has 0 aliphatic heterocycles. The normalized spacial score (nSPS) is 9.84. The van der Waals surface area contributed by atoms with Gasteiger partial charge in [0.05, 0.1) is 24.4 Å². The minimum Gasteiger partial charge on any atom is -0.384 e. The number of anilines is 2. The summed E-state index contributed by atoms with van der Waals surface area (Å²) < 4.78 is 0. The molecule has 2 rings (SSSR count). The van der Waals surface area contributed by atoms with Crippen molar-refractivity contribution in [1.29, 1.82) is 5.26 Å². The van der Waals surface area contributed by atoms with Crippen LogP contribution in [0.5, 0.6) is 0 Å². The maximum atomic E-state index is 8.75. The first-order chi connectivity index (χ1) is 9.29. The first-order valence-corrected chi connectivity index (χ1v) is 6.02. The number of hydrogen-bond donors (Lipinski definition) is 1. The molecule has 0 amide bonds. The summed E-state index contributed by atoms with van der Waals surface area (Å²) in [6, 6.07) is 9.75. The Bertz CT molecular complexity index is 544. The molecule has 5 nitrogen and oxygen atoms in total. The van der Waals surface area contributed by atoms with Crippen molar-refractivity contribution in [1.82, 2.24) is 9.97 Å². The summed E-state index contributed by atoms with van der Waals surface area (Å²) in [5.41, 5.74) is 7.63. The third-order valence-electron chi connectivity index (χ3n) is 2.73. The SMILES string of the molecule is N#CCCN(Cc1cccnc1)c1ccc(N)nc1. The van der Waals surface area contributed by atoms with E-state index in [0.717, 1.165) is 11.3 Å². The Morgan fingerprint density at radius 3 is 2.79 bits per heavy atom. The molecule has 0 atom stereocenters. The zero-order chi connectivity index (χ0) is 13.5. The van der Waals surface area contributed by atoms with Gasteiger partial charge in [-0.05, 0) is 23.8 Å². The maximum absolute atomic E-state index is 8.75. The lowest BCUT2D eigenvalue weighted by Crippen LogP contribution is -2.23. The molecule has 2 aromatic rings. The molecule has 2 heterocycles. The fraction of sp³-hybridized carbons (Fsp3) is 0.214. The first-order valence-electron chi connectivity index (χ1n) is 6.02. The van der Waals surface area contributed by atoms with Gasteiger partial charge in [0, 0.05) is 25.5 Å². The molecule has 5 heteroatoms. The molecule has 0 spiro atoms.